The maximum atomic E-state index is 14.2. The monoisotopic (exact) mass is 617 g/mol. The minimum atomic E-state index is -4.15. The van der Waals surface area contributed by atoms with E-state index in [0.29, 0.717) is 39.7 Å². The van der Waals surface area contributed by atoms with Gasteiger partial charge < -0.3 is 10.2 Å². The third-order valence-electron chi connectivity index (χ3n) is 7.01. The molecule has 0 saturated heterocycles. The van der Waals surface area contributed by atoms with E-state index in [1.54, 1.807) is 62.4 Å². The van der Waals surface area contributed by atoms with E-state index < -0.39 is 28.5 Å². The standard InChI is InChI=1S/C31H37Cl2N3O4S/c1-6-23(5)34-31(38)28(7-2)35(19-25-26(32)14-11-15-27(25)33)30(37)20-36(29-17-16-21(3)18-22(29)4)41(39,40)24-12-9-8-10-13-24/h8-18,23,28H,6-7,19-20H2,1-5H3,(H,34,38)/t23-,28+/m0/s1. The number of halogens is 2. The zero-order valence-corrected chi connectivity index (χ0v) is 26.4. The van der Waals surface area contributed by atoms with Crippen molar-refractivity contribution >= 4 is 50.7 Å². The molecule has 0 aromatic heterocycles. The van der Waals surface area contributed by atoms with Crippen molar-refractivity contribution in [3.05, 3.63) is 93.5 Å². The summed E-state index contributed by atoms with van der Waals surface area (Å²) in [5.74, 6) is -0.894. The molecular weight excluding hydrogens is 581 g/mol. The van der Waals surface area contributed by atoms with E-state index in [1.165, 1.54) is 17.0 Å². The molecule has 2 atom stereocenters. The van der Waals surface area contributed by atoms with Crippen LogP contribution < -0.4 is 9.62 Å². The number of rotatable bonds is 12. The summed E-state index contributed by atoms with van der Waals surface area (Å²) in [5, 5.41) is 3.64. The number of carbonyl (C=O) groups is 2. The summed E-state index contributed by atoms with van der Waals surface area (Å²) in [5.41, 5.74) is 2.50. The smallest absolute Gasteiger partial charge is 0.264 e. The molecule has 0 aliphatic rings. The molecule has 1 N–H and O–H groups in total. The summed E-state index contributed by atoms with van der Waals surface area (Å²) >= 11 is 12.9. The zero-order valence-electron chi connectivity index (χ0n) is 24.0. The maximum absolute atomic E-state index is 14.2. The topological polar surface area (TPSA) is 86.8 Å². The minimum Gasteiger partial charge on any atom is -0.352 e. The number of aryl methyl sites for hydroxylation is 2. The van der Waals surface area contributed by atoms with Crippen LogP contribution in [0.1, 0.15) is 50.3 Å². The highest BCUT2D eigenvalue weighted by molar-refractivity contribution is 7.92. The first kappa shape index (κ1) is 32.4. The summed E-state index contributed by atoms with van der Waals surface area (Å²) in [6, 6.07) is 17.4. The molecule has 220 valence electrons. The van der Waals surface area contributed by atoms with Gasteiger partial charge in [0, 0.05) is 28.2 Å². The van der Waals surface area contributed by atoms with Crippen molar-refractivity contribution in [1.29, 1.82) is 0 Å². The normalized spacial score (nSPS) is 12.9. The molecular formula is C31H37Cl2N3O4S. The molecule has 0 heterocycles. The van der Waals surface area contributed by atoms with E-state index >= 15 is 0 Å². The van der Waals surface area contributed by atoms with Crippen molar-refractivity contribution in [2.45, 2.75) is 71.0 Å². The average Bonchev–Trinajstić information content (AvgIpc) is 2.93. The Morgan fingerprint density at radius 1 is 0.902 bits per heavy atom. The molecule has 2 amide bonds. The summed E-state index contributed by atoms with van der Waals surface area (Å²) in [4.78, 5) is 29.1. The Bertz CT molecular complexity index is 1460. The minimum absolute atomic E-state index is 0.0510. The highest BCUT2D eigenvalue weighted by Crippen LogP contribution is 2.30. The molecule has 41 heavy (non-hydrogen) atoms. The lowest BCUT2D eigenvalue weighted by atomic mass is 10.1. The Hall–Kier alpha value is -3.07. The SMILES string of the molecule is CC[C@H](C(=O)N[C@@H](C)CC)N(Cc1c(Cl)cccc1Cl)C(=O)CN(c1ccc(C)cc1C)S(=O)(=O)c1ccccc1. The molecule has 0 spiro atoms. The fraction of sp³-hybridized carbons (Fsp3) is 0.355. The Kier molecular flexibility index (Phi) is 11.2. The van der Waals surface area contributed by atoms with Crippen molar-refractivity contribution < 1.29 is 18.0 Å². The van der Waals surface area contributed by atoms with Crippen molar-refractivity contribution in [2.75, 3.05) is 10.8 Å². The predicted molar refractivity (Wildman–Crippen MR) is 166 cm³/mol. The first-order valence-electron chi connectivity index (χ1n) is 13.6. The molecule has 0 saturated carbocycles. The second kappa shape index (κ2) is 14.2. The van der Waals surface area contributed by atoms with Gasteiger partial charge in [0.25, 0.3) is 10.0 Å². The number of carbonyl (C=O) groups excluding carboxylic acids is 2. The lowest BCUT2D eigenvalue weighted by Gasteiger charge is -2.34. The van der Waals surface area contributed by atoms with Crippen LogP contribution in [0, 0.1) is 13.8 Å². The van der Waals surface area contributed by atoms with Crippen LogP contribution in [0.25, 0.3) is 0 Å². The van der Waals surface area contributed by atoms with E-state index in [-0.39, 0.29) is 23.4 Å². The molecule has 3 aromatic rings. The van der Waals surface area contributed by atoms with Gasteiger partial charge in [-0.25, -0.2) is 8.42 Å². The Morgan fingerprint density at radius 2 is 1.54 bits per heavy atom. The fourth-order valence-corrected chi connectivity index (χ4v) is 6.55. The molecule has 0 radical (unpaired) electrons. The van der Waals surface area contributed by atoms with Crippen molar-refractivity contribution in [1.82, 2.24) is 10.2 Å². The molecule has 0 aliphatic carbocycles. The first-order chi connectivity index (χ1) is 19.4. The number of hydrogen-bond acceptors (Lipinski definition) is 4. The first-order valence-corrected chi connectivity index (χ1v) is 15.8. The number of nitrogens with one attached hydrogen (secondary N) is 1. The van der Waals surface area contributed by atoms with Crippen LogP contribution in [-0.2, 0) is 26.2 Å². The number of hydrogen-bond donors (Lipinski definition) is 1. The average molecular weight is 619 g/mol. The maximum Gasteiger partial charge on any atom is 0.264 e. The van der Waals surface area contributed by atoms with E-state index in [0.717, 1.165) is 9.87 Å². The lowest BCUT2D eigenvalue weighted by molar-refractivity contribution is -0.140. The highest BCUT2D eigenvalue weighted by Gasteiger charge is 2.35. The van der Waals surface area contributed by atoms with Crippen LogP contribution in [-0.4, -0.2) is 43.8 Å². The van der Waals surface area contributed by atoms with Gasteiger partial charge in [0.2, 0.25) is 11.8 Å². The van der Waals surface area contributed by atoms with Crippen LogP contribution >= 0.6 is 23.2 Å². The van der Waals surface area contributed by atoms with Crippen LogP contribution in [0.5, 0.6) is 0 Å². The van der Waals surface area contributed by atoms with Gasteiger partial charge in [-0.3, -0.25) is 13.9 Å². The number of amides is 2. The molecule has 10 heteroatoms. The lowest BCUT2D eigenvalue weighted by Crippen LogP contribution is -2.53. The van der Waals surface area contributed by atoms with Gasteiger partial charge in [-0.15, -0.1) is 0 Å². The van der Waals surface area contributed by atoms with E-state index in [1.807, 2.05) is 26.8 Å². The third-order valence-corrected chi connectivity index (χ3v) is 9.49. The second-order valence-electron chi connectivity index (χ2n) is 10.1. The van der Waals surface area contributed by atoms with Crippen LogP contribution in [0.3, 0.4) is 0 Å². The van der Waals surface area contributed by atoms with Crippen LogP contribution in [0.2, 0.25) is 10.0 Å². The molecule has 0 bridgehead atoms. The fourth-order valence-electron chi connectivity index (χ4n) is 4.53. The quantitative estimate of drug-likeness (QED) is 0.250. The van der Waals surface area contributed by atoms with E-state index in [9.17, 15) is 18.0 Å². The number of nitrogens with zero attached hydrogens (tertiary/aromatic N) is 2. The molecule has 3 rings (SSSR count). The van der Waals surface area contributed by atoms with Gasteiger partial charge in [-0.1, -0.05) is 79.0 Å². The van der Waals surface area contributed by atoms with Crippen molar-refractivity contribution in [3.8, 4) is 0 Å². The van der Waals surface area contributed by atoms with Crippen LogP contribution in [0.15, 0.2) is 71.6 Å². The number of anilines is 1. The van der Waals surface area contributed by atoms with Gasteiger partial charge in [0.1, 0.15) is 12.6 Å². The van der Waals surface area contributed by atoms with Gasteiger partial charge in [-0.05, 0) is 69.5 Å². The van der Waals surface area contributed by atoms with E-state index in [2.05, 4.69) is 5.32 Å². The highest BCUT2D eigenvalue weighted by atomic mass is 35.5. The van der Waals surface area contributed by atoms with Crippen molar-refractivity contribution in [3.63, 3.8) is 0 Å². The number of sulfonamides is 1. The zero-order chi connectivity index (χ0) is 30.3. The second-order valence-corrected chi connectivity index (χ2v) is 12.8. The summed E-state index contributed by atoms with van der Waals surface area (Å²) in [6.07, 6.45) is 1.01. The Labute approximate surface area is 253 Å². The van der Waals surface area contributed by atoms with Gasteiger partial charge >= 0.3 is 0 Å². The van der Waals surface area contributed by atoms with Crippen molar-refractivity contribution in [2.24, 2.45) is 0 Å². The molecule has 0 unspecified atom stereocenters. The molecule has 0 fully saturated rings. The summed E-state index contributed by atoms with van der Waals surface area (Å²) < 4.78 is 29.1. The van der Waals surface area contributed by atoms with Crippen LogP contribution in [0.4, 0.5) is 5.69 Å². The van der Waals surface area contributed by atoms with E-state index in [4.69, 9.17) is 23.2 Å². The number of benzene rings is 3. The summed E-state index contributed by atoms with van der Waals surface area (Å²) in [7, 11) is -4.15. The third kappa shape index (κ3) is 7.82. The largest absolute Gasteiger partial charge is 0.352 e. The summed E-state index contributed by atoms with van der Waals surface area (Å²) in [6.45, 7) is 8.75. The van der Waals surface area contributed by atoms with Gasteiger partial charge in [0.15, 0.2) is 0 Å². The molecule has 7 nitrogen and oxygen atoms in total. The van der Waals surface area contributed by atoms with Gasteiger partial charge in [0.05, 0.1) is 10.6 Å². The van der Waals surface area contributed by atoms with Gasteiger partial charge in [-0.2, -0.15) is 0 Å². The Balaban J connectivity index is 2.12. The predicted octanol–water partition coefficient (Wildman–Crippen LogP) is 6.53. The Morgan fingerprint density at radius 3 is 2.10 bits per heavy atom. The molecule has 3 aromatic carbocycles. The molecule has 0 aliphatic heterocycles.